The Labute approximate surface area is 240 Å². The number of halogens is 1. The maximum atomic E-state index is 13.2. The number of fused-ring (bicyclic) bond motifs is 1. The van der Waals surface area contributed by atoms with E-state index in [4.69, 9.17) is 19.6 Å². The summed E-state index contributed by atoms with van der Waals surface area (Å²) in [7, 11) is 0. The second-order valence-corrected chi connectivity index (χ2v) is 10.7. The Morgan fingerprint density at radius 1 is 1.10 bits per heavy atom. The van der Waals surface area contributed by atoms with Gasteiger partial charge >= 0.3 is 5.97 Å². The van der Waals surface area contributed by atoms with Crippen LogP contribution < -0.4 is 10.1 Å². The first kappa shape index (κ1) is 26.8. The molecule has 2 heterocycles. The Kier molecular flexibility index (Phi) is 8.48. The fraction of sp³-hybridized carbons (Fsp3) is 0.167. The third-order valence-electron chi connectivity index (χ3n) is 6.09. The number of ether oxygens (including phenoxy) is 2. The minimum absolute atomic E-state index is 0.118. The highest BCUT2D eigenvalue weighted by molar-refractivity contribution is 9.10. The minimum Gasteiger partial charge on any atom is -0.489 e. The summed E-state index contributed by atoms with van der Waals surface area (Å²) in [6, 6.07) is 25.3. The third-order valence-corrected chi connectivity index (χ3v) is 7.49. The lowest BCUT2D eigenvalue weighted by Gasteiger charge is -2.28. The number of carbonyl (C=O) groups excluding carboxylic acids is 1. The SMILES string of the molecule is C=CCOC(=O)C1=C(C)Nc2nc(SCc3ccccc3)nn2C1c1ccc(OCc2cccc(Br)c2)cc1. The predicted molar refractivity (Wildman–Crippen MR) is 157 cm³/mol. The topological polar surface area (TPSA) is 78.3 Å². The van der Waals surface area contributed by atoms with Gasteiger partial charge in [-0.2, -0.15) is 4.98 Å². The lowest BCUT2D eigenvalue weighted by molar-refractivity contribution is -0.138. The number of carbonyl (C=O) groups is 1. The van der Waals surface area contributed by atoms with Gasteiger partial charge in [0.2, 0.25) is 11.1 Å². The summed E-state index contributed by atoms with van der Waals surface area (Å²) in [6.07, 6.45) is 1.55. The maximum Gasteiger partial charge on any atom is 0.338 e. The Morgan fingerprint density at radius 3 is 2.62 bits per heavy atom. The van der Waals surface area contributed by atoms with Crippen LogP contribution in [0.25, 0.3) is 0 Å². The van der Waals surface area contributed by atoms with Crippen LogP contribution in [0.15, 0.2) is 112 Å². The van der Waals surface area contributed by atoms with E-state index in [0.29, 0.717) is 29.0 Å². The fourth-order valence-corrected chi connectivity index (χ4v) is 5.47. The molecule has 3 aromatic carbocycles. The van der Waals surface area contributed by atoms with Gasteiger partial charge in [0, 0.05) is 15.9 Å². The zero-order chi connectivity index (χ0) is 27.2. The van der Waals surface area contributed by atoms with E-state index in [9.17, 15) is 4.79 Å². The van der Waals surface area contributed by atoms with Crippen LogP contribution in [0, 0.1) is 0 Å². The van der Waals surface area contributed by atoms with Crippen LogP contribution in [0.3, 0.4) is 0 Å². The number of nitrogens with zero attached hydrogens (tertiary/aromatic N) is 3. The van der Waals surface area contributed by atoms with Crippen LogP contribution in [-0.2, 0) is 21.9 Å². The molecule has 1 aromatic heterocycles. The molecule has 1 N–H and O–H groups in total. The molecule has 0 bridgehead atoms. The molecule has 39 heavy (non-hydrogen) atoms. The molecule has 0 spiro atoms. The van der Waals surface area contributed by atoms with Gasteiger partial charge in [-0.15, -0.1) is 5.10 Å². The third kappa shape index (κ3) is 6.43. The molecular weight excluding hydrogens is 576 g/mol. The second-order valence-electron chi connectivity index (χ2n) is 8.88. The van der Waals surface area contributed by atoms with Gasteiger partial charge in [-0.3, -0.25) is 0 Å². The molecule has 198 valence electrons. The number of hydrogen-bond donors (Lipinski definition) is 1. The van der Waals surface area contributed by atoms with Gasteiger partial charge in [0.1, 0.15) is 25.0 Å². The zero-order valence-electron chi connectivity index (χ0n) is 21.3. The van der Waals surface area contributed by atoms with Crippen molar-refractivity contribution in [3.05, 3.63) is 124 Å². The van der Waals surface area contributed by atoms with Crippen molar-refractivity contribution in [3.63, 3.8) is 0 Å². The highest BCUT2D eigenvalue weighted by atomic mass is 79.9. The van der Waals surface area contributed by atoms with Gasteiger partial charge in [0.15, 0.2) is 0 Å². The van der Waals surface area contributed by atoms with E-state index in [0.717, 1.165) is 27.1 Å². The molecule has 0 saturated carbocycles. The van der Waals surface area contributed by atoms with Crippen molar-refractivity contribution in [1.29, 1.82) is 0 Å². The molecule has 1 aliphatic heterocycles. The molecule has 0 saturated heterocycles. The van der Waals surface area contributed by atoms with Crippen LogP contribution >= 0.6 is 27.7 Å². The average Bonchev–Trinajstić information content (AvgIpc) is 3.36. The Hall–Kier alpha value is -3.82. The van der Waals surface area contributed by atoms with Gasteiger partial charge in [0.05, 0.1) is 5.57 Å². The van der Waals surface area contributed by atoms with E-state index in [1.54, 1.807) is 22.5 Å². The molecule has 9 heteroatoms. The summed E-state index contributed by atoms with van der Waals surface area (Å²) >= 11 is 5.04. The number of allylic oxidation sites excluding steroid dienone is 1. The first-order valence-corrected chi connectivity index (χ1v) is 14.2. The minimum atomic E-state index is -0.517. The van der Waals surface area contributed by atoms with Crippen molar-refractivity contribution in [2.75, 3.05) is 11.9 Å². The number of rotatable bonds is 10. The molecule has 1 unspecified atom stereocenters. The van der Waals surface area contributed by atoms with Crippen molar-refractivity contribution in [1.82, 2.24) is 14.8 Å². The molecule has 0 radical (unpaired) electrons. The molecule has 0 fully saturated rings. The number of thioether (sulfide) groups is 1. The lowest BCUT2D eigenvalue weighted by atomic mass is 9.96. The quantitative estimate of drug-likeness (QED) is 0.120. The fourth-order valence-electron chi connectivity index (χ4n) is 4.24. The van der Waals surface area contributed by atoms with E-state index >= 15 is 0 Å². The van der Waals surface area contributed by atoms with Crippen LogP contribution in [0.5, 0.6) is 5.75 Å². The molecular formula is C30H27BrN4O3S. The van der Waals surface area contributed by atoms with E-state index in [1.165, 1.54) is 5.56 Å². The maximum absolute atomic E-state index is 13.2. The normalized spacial score (nSPS) is 14.4. The average molecular weight is 604 g/mol. The second kappa shape index (κ2) is 12.4. The molecule has 5 rings (SSSR count). The van der Waals surface area contributed by atoms with E-state index < -0.39 is 12.0 Å². The summed E-state index contributed by atoms with van der Waals surface area (Å²) in [5.41, 5.74) is 4.24. The van der Waals surface area contributed by atoms with Gasteiger partial charge in [-0.05, 0) is 47.9 Å². The first-order chi connectivity index (χ1) is 19.0. The smallest absolute Gasteiger partial charge is 0.338 e. The molecule has 1 atom stereocenters. The van der Waals surface area contributed by atoms with E-state index in [2.05, 4.69) is 40.0 Å². The summed E-state index contributed by atoms with van der Waals surface area (Å²) in [4.78, 5) is 17.9. The monoisotopic (exact) mass is 602 g/mol. The number of hydrogen-bond acceptors (Lipinski definition) is 7. The van der Waals surface area contributed by atoms with Crippen LogP contribution in [-0.4, -0.2) is 27.3 Å². The summed E-state index contributed by atoms with van der Waals surface area (Å²) < 4.78 is 14.2. The predicted octanol–water partition coefficient (Wildman–Crippen LogP) is 6.93. The van der Waals surface area contributed by atoms with E-state index in [1.807, 2.05) is 73.7 Å². The summed E-state index contributed by atoms with van der Waals surface area (Å²) in [5, 5.41) is 8.65. The summed E-state index contributed by atoms with van der Waals surface area (Å²) in [6.45, 7) is 6.07. The lowest BCUT2D eigenvalue weighted by Crippen LogP contribution is -2.29. The molecule has 1 aliphatic rings. The Bertz CT molecular complexity index is 1500. The summed E-state index contributed by atoms with van der Waals surface area (Å²) in [5.74, 6) is 1.60. The van der Waals surface area contributed by atoms with Crippen LogP contribution in [0.4, 0.5) is 5.95 Å². The van der Waals surface area contributed by atoms with Crippen molar-refractivity contribution in [2.24, 2.45) is 0 Å². The number of anilines is 1. The number of benzene rings is 3. The van der Waals surface area contributed by atoms with Crippen LogP contribution in [0.1, 0.15) is 29.7 Å². The zero-order valence-corrected chi connectivity index (χ0v) is 23.7. The van der Waals surface area contributed by atoms with Crippen LogP contribution in [0.2, 0.25) is 0 Å². The van der Waals surface area contributed by atoms with Crippen molar-refractivity contribution in [3.8, 4) is 5.75 Å². The number of esters is 1. The highest BCUT2D eigenvalue weighted by Gasteiger charge is 2.35. The van der Waals surface area contributed by atoms with Crippen molar-refractivity contribution in [2.45, 2.75) is 30.5 Å². The van der Waals surface area contributed by atoms with Gasteiger partial charge in [-0.1, -0.05) is 94.9 Å². The molecule has 0 amide bonds. The number of nitrogens with one attached hydrogen (secondary N) is 1. The molecule has 4 aromatic rings. The van der Waals surface area contributed by atoms with Gasteiger partial charge in [-0.25, -0.2) is 9.48 Å². The van der Waals surface area contributed by atoms with Crippen molar-refractivity contribution < 1.29 is 14.3 Å². The molecule has 7 nitrogen and oxygen atoms in total. The Morgan fingerprint density at radius 2 is 1.87 bits per heavy atom. The van der Waals surface area contributed by atoms with Gasteiger partial charge in [0.25, 0.3) is 0 Å². The molecule has 0 aliphatic carbocycles. The van der Waals surface area contributed by atoms with Gasteiger partial charge < -0.3 is 14.8 Å². The largest absolute Gasteiger partial charge is 0.489 e. The first-order valence-electron chi connectivity index (χ1n) is 12.4. The van der Waals surface area contributed by atoms with E-state index in [-0.39, 0.29) is 6.61 Å². The standard InChI is InChI=1S/C30H27BrN4O3S/c1-3-16-37-28(36)26-20(2)32-29-33-30(39-19-21-8-5-4-6-9-21)34-35(29)27(26)23-12-14-25(15-13-23)38-18-22-10-7-11-24(31)17-22/h3-15,17,27H,1,16,18-19H2,2H3,(H,32,33,34). The number of aromatic nitrogens is 3. The Balaban J connectivity index is 1.41. The van der Waals surface area contributed by atoms with Crippen molar-refractivity contribution >= 4 is 39.6 Å². The highest BCUT2D eigenvalue weighted by Crippen LogP contribution is 2.37.